The van der Waals surface area contributed by atoms with Gasteiger partial charge >= 0.3 is 0 Å². The maximum atomic E-state index is 11.0. The molecular weight excluding hydrogens is 144 g/mol. The van der Waals surface area contributed by atoms with Crippen molar-refractivity contribution < 1.29 is 9.59 Å². The van der Waals surface area contributed by atoms with E-state index < -0.39 is 0 Å². The number of amides is 1. The van der Waals surface area contributed by atoms with Gasteiger partial charge in [0.05, 0.1) is 6.04 Å². The second-order valence-corrected chi connectivity index (χ2v) is 2.52. The van der Waals surface area contributed by atoms with Gasteiger partial charge in [0, 0.05) is 20.5 Å². The summed E-state index contributed by atoms with van der Waals surface area (Å²) in [7, 11) is 4.99. The maximum Gasteiger partial charge on any atom is 0.224 e. The van der Waals surface area contributed by atoms with Crippen LogP contribution in [0.3, 0.4) is 0 Å². The Bertz CT molecular complexity index is 145. The third-order valence-corrected chi connectivity index (χ3v) is 1.43. The summed E-state index contributed by atoms with van der Waals surface area (Å²) in [6, 6.07) is -0.357. The number of carbonyl (C=O) groups is 2. The Morgan fingerprint density at radius 1 is 1.64 bits per heavy atom. The standard InChI is InChI=1S/C7H14N2O2/c1-8-6(5-10)4-7(11)9(2)3/h5-6,8H,4H2,1-3H3. The van der Waals surface area contributed by atoms with Gasteiger partial charge in [-0.3, -0.25) is 4.79 Å². The van der Waals surface area contributed by atoms with Gasteiger partial charge in [0.1, 0.15) is 6.29 Å². The van der Waals surface area contributed by atoms with Crippen molar-refractivity contribution >= 4 is 12.2 Å². The van der Waals surface area contributed by atoms with Crippen molar-refractivity contribution in [2.24, 2.45) is 0 Å². The van der Waals surface area contributed by atoms with Gasteiger partial charge in [0.25, 0.3) is 0 Å². The highest BCUT2D eigenvalue weighted by Crippen LogP contribution is 1.91. The molecule has 0 aromatic rings. The van der Waals surface area contributed by atoms with Gasteiger partial charge in [0.2, 0.25) is 5.91 Å². The zero-order chi connectivity index (χ0) is 8.85. The first-order chi connectivity index (χ1) is 5.11. The Balaban J connectivity index is 3.81. The Morgan fingerprint density at radius 3 is 2.45 bits per heavy atom. The lowest BCUT2D eigenvalue weighted by Crippen LogP contribution is -2.34. The van der Waals surface area contributed by atoms with E-state index in [-0.39, 0.29) is 18.4 Å². The lowest BCUT2D eigenvalue weighted by atomic mass is 10.2. The van der Waals surface area contributed by atoms with Crippen molar-refractivity contribution in [1.82, 2.24) is 10.2 Å². The Labute approximate surface area is 66.6 Å². The van der Waals surface area contributed by atoms with Crippen LogP contribution < -0.4 is 5.32 Å². The molecular formula is C7H14N2O2. The third kappa shape index (κ3) is 3.72. The van der Waals surface area contributed by atoms with E-state index in [4.69, 9.17) is 0 Å². The lowest BCUT2D eigenvalue weighted by Gasteiger charge is -2.13. The van der Waals surface area contributed by atoms with Crippen molar-refractivity contribution in [3.63, 3.8) is 0 Å². The lowest BCUT2D eigenvalue weighted by molar-refractivity contribution is -0.130. The molecule has 0 heterocycles. The molecule has 0 rings (SSSR count). The zero-order valence-corrected chi connectivity index (χ0v) is 7.13. The average Bonchev–Trinajstić information content (AvgIpc) is 1.99. The maximum absolute atomic E-state index is 11.0. The molecule has 4 heteroatoms. The summed E-state index contributed by atoms with van der Waals surface area (Å²) >= 11 is 0. The Kier molecular flexibility index (Phi) is 4.45. The molecule has 0 aliphatic rings. The van der Waals surface area contributed by atoms with Crippen LogP contribution >= 0.6 is 0 Å². The van der Waals surface area contributed by atoms with Gasteiger partial charge in [-0.05, 0) is 7.05 Å². The molecule has 0 aromatic heterocycles. The summed E-state index contributed by atoms with van der Waals surface area (Å²) in [6.07, 6.45) is 0.967. The highest BCUT2D eigenvalue weighted by Gasteiger charge is 2.11. The highest BCUT2D eigenvalue weighted by molar-refractivity contribution is 5.79. The fraction of sp³-hybridized carbons (Fsp3) is 0.714. The molecule has 0 fully saturated rings. The zero-order valence-electron chi connectivity index (χ0n) is 7.13. The topological polar surface area (TPSA) is 49.4 Å². The predicted octanol–water partition coefficient (Wildman–Crippen LogP) is -0.748. The SMILES string of the molecule is CNC(C=O)CC(=O)N(C)C. The average molecular weight is 158 g/mol. The van der Waals surface area contributed by atoms with Gasteiger partial charge in [0.15, 0.2) is 0 Å². The molecule has 0 aliphatic heterocycles. The molecule has 4 nitrogen and oxygen atoms in total. The smallest absolute Gasteiger partial charge is 0.224 e. The number of hydrogen-bond acceptors (Lipinski definition) is 3. The van der Waals surface area contributed by atoms with Gasteiger partial charge in [-0.2, -0.15) is 0 Å². The van der Waals surface area contributed by atoms with E-state index in [1.165, 1.54) is 4.90 Å². The van der Waals surface area contributed by atoms with E-state index in [1.807, 2.05) is 0 Å². The first kappa shape index (κ1) is 10.1. The molecule has 64 valence electrons. The normalized spacial score (nSPS) is 12.3. The van der Waals surface area contributed by atoms with Crippen LogP contribution in [0.4, 0.5) is 0 Å². The van der Waals surface area contributed by atoms with Crippen LogP contribution in [0.2, 0.25) is 0 Å². The van der Waals surface area contributed by atoms with Crippen molar-refractivity contribution in [3.05, 3.63) is 0 Å². The van der Waals surface area contributed by atoms with Crippen LogP contribution in [0, 0.1) is 0 Å². The van der Waals surface area contributed by atoms with Crippen LogP contribution in [0.1, 0.15) is 6.42 Å². The van der Waals surface area contributed by atoms with E-state index in [0.717, 1.165) is 6.29 Å². The van der Waals surface area contributed by atoms with Crippen molar-refractivity contribution in [2.45, 2.75) is 12.5 Å². The van der Waals surface area contributed by atoms with Crippen molar-refractivity contribution in [2.75, 3.05) is 21.1 Å². The molecule has 0 spiro atoms. The largest absolute Gasteiger partial charge is 0.349 e. The van der Waals surface area contributed by atoms with E-state index in [2.05, 4.69) is 5.32 Å². The summed E-state index contributed by atoms with van der Waals surface area (Å²) in [4.78, 5) is 22.7. The van der Waals surface area contributed by atoms with Gasteiger partial charge in [-0.15, -0.1) is 0 Å². The number of rotatable bonds is 4. The molecule has 11 heavy (non-hydrogen) atoms. The van der Waals surface area contributed by atoms with Gasteiger partial charge in [-0.1, -0.05) is 0 Å². The number of likely N-dealkylation sites (N-methyl/N-ethyl adjacent to an activating group) is 1. The van der Waals surface area contributed by atoms with Gasteiger partial charge in [-0.25, -0.2) is 0 Å². The number of nitrogens with one attached hydrogen (secondary N) is 1. The molecule has 1 unspecified atom stereocenters. The molecule has 0 aromatic carbocycles. The fourth-order valence-corrected chi connectivity index (χ4v) is 0.589. The minimum Gasteiger partial charge on any atom is -0.349 e. The fourth-order valence-electron chi connectivity index (χ4n) is 0.589. The molecule has 1 N–H and O–H groups in total. The molecule has 0 saturated carbocycles. The number of carbonyl (C=O) groups excluding carboxylic acids is 2. The molecule has 0 saturated heterocycles. The number of hydrogen-bond donors (Lipinski definition) is 1. The number of nitrogens with zero attached hydrogens (tertiary/aromatic N) is 1. The summed E-state index contributed by atoms with van der Waals surface area (Å²) in [5.74, 6) is -0.0450. The minimum atomic E-state index is -0.357. The molecule has 1 amide bonds. The van der Waals surface area contributed by atoms with Crippen molar-refractivity contribution in [3.8, 4) is 0 Å². The first-order valence-electron chi connectivity index (χ1n) is 3.44. The van der Waals surface area contributed by atoms with Gasteiger partial charge < -0.3 is 15.0 Å². The summed E-state index contributed by atoms with van der Waals surface area (Å²) in [5, 5.41) is 2.72. The van der Waals surface area contributed by atoms with Crippen LogP contribution in [-0.2, 0) is 9.59 Å². The van der Waals surface area contributed by atoms with Crippen LogP contribution in [-0.4, -0.2) is 44.3 Å². The molecule has 0 radical (unpaired) electrons. The van der Waals surface area contributed by atoms with Crippen LogP contribution in [0.5, 0.6) is 0 Å². The number of aldehydes is 1. The van der Waals surface area contributed by atoms with E-state index in [1.54, 1.807) is 21.1 Å². The van der Waals surface area contributed by atoms with Crippen LogP contribution in [0.25, 0.3) is 0 Å². The monoisotopic (exact) mass is 158 g/mol. The van der Waals surface area contributed by atoms with Crippen molar-refractivity contribution in [1.29, 1.82) is 0 Å². The Morgan fingerprint density at radius 2 is 2.18 bits per heavy atom. The summed E-state index contributed by atoms with van der Waals surface area (Å²) < 4.78 is 0. The van der Waals surface area contributed by atoms with E-state index in [0.29, 0.717) is 0 Å². The first-order valence-corrected chi connectivity index (χ1v) is 3.44. The summed E-state index contributed by atoms with van der Waals surface area (Å²) in [6.45, 7) is 0. The van der Waals surface area contributed by atoms with Crippen LogP contribution in [0.15, 0.2) is 0 Å². The second-order valence-electron chi connectivity index (χ2n) is 2.52. The molecule has 0 bridgehead atoms. The quantitative estimate of drug-likeness (QED) is 0.548. The third-order valence-electron chi connectivity index (χ3n) is 1.43. The second kappa shape index (κ2) is 4.85. The molecule has 0 aliphatic carbocycles. The Hall–Kier alpha value is -0.900. The predicted molar refractivity (Wildman–Crippen MR) is 42.2 cm³/mol. The minimum absolute atomic E-state index is 0.0450. The van der Waals surface area contributed by atoms with E-state index in [9.17, 15) is 9.59 Å². The van der Waals surface area contributed by atoms with E-state index >= 15 is 0 Å². The highest BCUT2D eigenvalue weighted by atomic mass is 16.2. The molecule has 1 atom stereocenters. The summed E-state index contributed by atoms with van der Waals surface area (Å²) in [5.41, 5.74) is 0.